The zero-order valence-corrected chi connectivity index (χ0v) is 21.1. The van der Waals surface area contributed by atoms with E-state index in [1.807, 2.05) is 30.3 Å². The molecule has 1 aromatic heterocycles. The van der Waals surface area contributed by atoms with Crippen molar-refractivity contribution in [1.82, 2.24) is 9.66 Å². The second-order valence-corrected chi connectivity index (χ2v) is 9.27. The van der Waals surface area contributed by atoms with Gasteiger partial charge in [0.15, 0.2) is 11.5 Å². The lowest BCUT2D eigenvalue weighted by molar-refractivity contribution is -0.384. The Labute approximate surface area is 219 Å². The molecule has 0 saturated heterocycles. The lowest BCUT2D eigenvalue weighted by Crippen LogP contribution is -2.25. The minimum atomic E-state index is -0.440. The van der Waals surface area contributed by atoms with Crippen LogP contribution in [0.2, 0.25) is 0 Å². The predicted molar refractivity (Wildman–Crippen MR) is 145 cm³/mol. The Morgan fingerprint density at radius 3 is 2.55 bits per heavy atom. The van der Waals surface area contributed by atoms with Crippen molar-refractivity contribution < 1.29 is 14.4 Å². The van der Waals surface area contributed by atoms with Crippen molar-refractivity contribution in [3.63, 3.8) is 0 Å². The van der Waals surface area contributed by atoms with Gasteiger partial charge in [-0.1, -0.05) is 37.5 Å². The average molecular weight is 513 g/mol. The molecule has 0 amide bonds. The van der Waals surface area contributed by atoms with Crippen molar-refractivity contribution in [2.45, 2.75) is 44.6 Å². The Morgan fingerprint density at radius 2 is 1.82 bits per heavy atom. The van der Waals surface area contributed by atoms with Crippen molar-refractivity contribution in [3.8, 4) is 11.5 Å². The van der Waals surface area contributed by atoms with Crippen LogP contribution in [-0.4, -0.2) is 27.9 Å². The number of para-hydroxylation sites is 2. The molecule has 1 fully saturated rings. The molecule has 1 saturated carbocycles. The number of rotatable bonds is 8. The van der Waals surface area contributed by atoms with Gasteiger partial charge in [-0.3, -0.25) is 14.9 Å². The normalized spacial score (nSPS) is 14.1. The summed E-state index contributed by atoms with van der Waals surface area (Å²) in [5.74, 6) is 1.81. The third-order valence-electron chi connectivity index (χ3n) is 6.82. The van der Waals surface area contributed by atoms with Crippen LogP contribution >= 0.6 is 0 Å². The quantitative estimate of drug-likeness (QED) is 0.167. The highest BCUT2D eigenvalue weighted by molar-refractivity contribution is 5.85. The maximum absolute atomic E-state index is 13.5. The summed E-state index contributed by atoms with van der Waals surface area (Å²) < 4.78 is 13.0. The summed E-state index contributed by atoms with van der Waals surface area (Å²) >= 11 is 0. The molecule has 9 heteroatoms. The number of methoxy groups -OCH3 is 1. The van der Waals surface area contributed by atoms with E-state index in [1.165, 1.54) is 23.2 Å². The molecule has 4 aromatic rings. The molecule has 1 aliphatic carbocycles. The van der Waals surface area contributed by atoms with Crippen LogP contribution in [0.15, 0.2) is 76.6 Å². The minimum absolute atomic E-state index is 0.0158. The summed E-state index contributed by atoms with van der Waals surface area (Å²) in [5.41, 5.74) is 1.88. The summed E-state index contributed by atoms with van der Waals surface area (Å²) in [5, 5.41) is 16.1. The highest BCUT2D eigenvalue weighted by Crippen LogP contribution is 2.33. The van der Waals surface area contributed by atoms with Gasteiger partial charge in [0.05, 0.1) is 29.2 Å². The van der Waals surface area contributed by atoms with E-state index in [4.69, 9.17) is 14.5 Å². The summed E-state index contributed by atoms with van der Waals surface area (Å²) in [6.45, 7) is 0.171. The lowest BCUT2D eigenvalue weighted by Gasteiger charge is -2.22. The second kappa shape index (κ2) is 11.2. The number of ether oxygens (including phenoxy) is 2. The molecule has 0 bridgehead atoms. The first kappa shape index (κ1) is 25.1. The van der Waals surface area contributed by atoms with Crippen molar-refractivity contribution in [1.29, 1.82) is 0 Å². The van der Waals surface area contributed by atoms with Crippen LogP contribution in [0.5, 0.6) is 11.5 Å². The van der Waals surface area contributed by atoms with Gasteiger partial charge in [0, 0.05) is 23.6 Å². The molecule has 0 aliphatic heterocycles. The van der Waals surface area contributed by atoms with Crippen LogP contribution in [0.4, 0.5) is 5.69 Å². The van der Waals surface area contributed by atoms with Crippen LogP contribution in [0.1, 0.15) is 55.0 Å². The van der Waals surface area contributed by atoms with Crippen molar-refractivity contribution in [2.75, 3.05) is 7.11 Å². The lowest BCUT2D eigenvalue weighted by atomic mass is 9.88. The summed E-state index contributed by atoms with van der Waals surface area (Å²) in [6.07, 6.45) is 6.95. The van der Waals surface area contributed by atoms with E-state index in [-0.39, 0.29) is 23.8 Å². The number of nitro groups is 1. The van der Waals surface area contributed by atoms with Gasteiger partial charge in [-0.25, -0.2) is 4.98 Å². The van der Waals surface area contributed by atoms with Gasteiger partial charge < -0.3 is 9.47 Å². The number of non-ortho nitro benzene ring substituents is 1. The molecule has 3 aromatic carbocycles. The van der Waals surface area contributed by atoms with E-state index in [1.54, 1.807) is 37.6 Å². The number of hydrogen-bond acceptors (Lipinski definition) is 7. The Hall–Kier alpha value is -4.53. The minimum Gasteiger partial charge on any atom is -0.493 e. The number of nitro benzene ring substituents is 1. The van der Waals surface area contributed by atoms with Crippen molar-refractivity contribution in [3.05, 3.63) is 104 Å². The first-order valence-corrected chi connectivity index (χ1v) is 12.6. The van der Waals surface area contributed by atoms with Crippen LogP contribution in [0.3, 0.4) is 0 Å². The number of benzene rings is 3. The molecule has 9 nitrogen and oxygen atoms in total. The summed E-state index contributed by atoms with van der Waals surface area (Å²) in [7, 11) is 1.55. The van der Waals surface area contributed by atoms with E-state index in [0.29, 0.717) is 33.8 Å². The monoisotopic (exact) mass is 512 g/mol. The molecule has 0 N–H and O–H groups in total. The average Bonchev–Trinajstić information content (AvgIpc) is 2.96. The van der Waals surface area contributed by atoms with Crippen LogP contribution in [0.25, 0.3) is 10.9 Å². The molecule has 194 valence electrons. The van der Waals surface area contributed by atoms with E-state index in [0.717, 1.165) is 31.2 Å². The molecular formula is C29H28N4O5. The highest BCUT2D eigenvalue weighted by Gasteiger charge is 2.22. The number of nitrogens with zero attached hydrogens (tertiary/aromatic N) is 4. The molecule has 0 radical (unpaired) electrons. The van der Waals surface area contributed by atoms with E-state index < -0.39 is 4.92 Å². The third kappa shape index (κ3) is 5.27. The zero-order chi connectivity index (χ0) is 26.5. The van der Waals surface area contributed by atoms with Gasteiger partial charge in [0.2, 0.25) is 0 Å². The fourth-order valence-electron chi connectivity index (χ4n) is 4.82. The van der Waals surface area contributed by atoms with Gasteiger partial charge in [-0.15, -0.1) is 0 Å². The molecule has 5 rings (SSSR count). The van der Waals surface area contributed by atoms with Crippen LogP contribution in [0, 0.1) is 10.1 Å². The second-order valence-electron chi connectivity index (χ2n) is 9.27. The fraction of sp³-hybridized carbons (Fsp3) is 0.276. The molecule has 1 heterocycles. The van der Waals surface area contributed by atoms with E-state index in [2.05, 4.69) is 5.10 Å². The smallest absolute Gasteiger partial charge is 0.282 e. The predicted octanol–water partition coefficient (Wildman–Crippen LogP) is 5.82. The Balaban J connectivity index is 1.50. The van der Waals surface area contributed by atoms with Crippen molar-refractivity contribution in [2.24, 2.45) is 5.10 Å². The van der Waals surface area contributed by atoms with Gasteiger partial charge in [0.25, 0.3) is 11.2 Å². The van der Waals surface area contributed by atoms with Gasteiger partial charge in [-0.2, -0.15) is 9.78 Å². The fourth-order valence-corrected chi connectivity index (χ4v) is 4.82. The van der Waals surface area contributed by atoms with E-state index in [9.17, 15) is 14.9 Å². The Morgan fingerprint density at radius 1 is 1.05 bits per heavy atom. The molecule has 38 heavy (non-hydrogen) atoms. The zero-order valence-electron chi connectivity index (χ0n) is 21.1. The molecule has 0 unspecified atom stereocenters. The summed E-state index contributed by atoms with van der Waals surface area (Å²) in [6, 6.07) is 19.0. The maximum atomic E-state index is 13.5. The molecule has 0 spiro atoms. The number of aromatic nitrogens is 2. The SMILES string of the molecule is COc1cccc(C=Nn2c(C3CCCCC3)nc3ccccc3c2=O)c1OCc1ccc([N+](=O)[O-])cc1. The van der Waals surface area contributed by atoms with Crippen LogP contribution in [-0.2, 0) is 6.61 Å². The van der Waals surface area contributed by atoms with E-state index >= 15 is 0 Å². The summed E-state index contributed by atoms with van der Waals surface area (Å²) in [4.78, 5) is 28.9. The standard InChI is InChI=1S/C29H28N4O5/c1-37-26-13-7-10-22(27(26)38-19-20-14-16-23(17-15-20)33(35)36)18-30-32-28(21-8-3-2-4-9-21)31-25-12-6-5-11-24(25)29(32)34/h5-7,10-18,21H,2-4,8-9,19H2,1H3. The van der Waals surface area contributed by atoms with Crippen LogP contribution < -0.4 is 15.0 Å². The first-order chi connectivity index (χ1) is 18.5. The van der Waals surface area contributed by atoms with Gasteiger partial charge in [-0.05, 0) is 54.8 Å². The topological polar surface area (TPSA) is 109 Å². The molecule has 0 atom stereocenters. The Bertz CT molecular complexity index is 1540. The number of fused-ring (bicyclic) bond motifs is 1. The first-order valence-electron chi connectivity index (χ1n) is 12.6. The third-order valence-corrected chi connectivity index (χ3v) is 6.82. The maximum Gasteiger partial charge on any atom is 0.282 e. The number of hydrogen-bond donors (Lipinski definition) is 0. The molecular weight excluding hydrogens is 484 g/mol. The van der Waals surface area contributed by atoms with Gasteiger partial charge >= 0.3 is 0 Å². The molecule has 1 aliphatic rings. The van der Waals surface area contributed by atoms with Gasteiger partial charge in [0.1, 0.15) is 12.4 Å². The van der Waals surface area contributed by atoms with Crippen molar-refractivity contribution >= 4 is 22.8 Å². The Kier molecular flexibility index (Phi) is 7.44. The largest absolute Gasteiger partial charge is 0.493 e. The highest BCUT2D eigenvalue weighted by atomic mass is 16.6.